The fourth-order valence-corrected chi connectivity index (χ4v) is 9.02. The van der Waals surface area contributed by atoms with Crippen LogP contribution in [0.2, 0.25) is 0 Å². The normalized spacial score (nSPS) is 39.3. The number of para-hydroxylation sites is 1. The Labute approximate surface area is 216 Å². The van der Waals surface area contributed by atoms with Crippen molar-refractivity contribution in [3.63, 3.8) is 0 Å². The molecule has 7 atom stereocenters. The van der Waals surface area contributed by atoms with E-state index in [-0.39, 0.29) is 40.5 Å². The number of carbonyl (C=O) groups is 2. The van der Waals surface area contributed by atoms with E-state index in [0.717, 1.165) is 40.8 Å². The van der Waals surface area contributed by atoms with Crippen LogP contribution in [0.15, 0.2) is 65.2 Å². The number of rotatable bonds is 4. The summed E-state index contributed by atoms with van der Waals surface area (Å²) in [6, 6.07) is 11.8. The molecule has 188 valence electrons. The van der Waals surface area contributed by atoms with Crippen LogP contribution in [0, 0.1) is 28.6 Å². The molecule has 2 aromatic rings. The molecule has 3 saturated carbocycles. The lowest BCUT2D eigenvalue weighted by molar-refractivity contribution is -0.174. The van der Waals surface area contributed by atoms with Gasteiger partial charge in [0.2, 0.25) is 0 Å². The number of hydrogen-bond acceptors (Lipinski definition) is 6. The summed E-state index contributed by atoms with van der Waals surface area (Å²) in [5.41, 5.74) is -0.473. The summed E-state index contributed by atoms with van der Waals surface area (Å²) >= 11 is 1.37. The number of benzene rings is 1. The van der Waals surface area contributed by atoms with Crippen LogP contribution in [0.5, 0.6) is 0 Å². The zero-order chi connectivity index (χ0) is 25.3. The van der Waals surface area contributed by atoms with Gasteiger partial charge in [-0.3, -0.25) is 9.59 Å². The van der Waals surface area contributed by atoms with Gasteiger partial charge in [0.05, 0.1) is 22.4 Å². The standard InChI is InChI=1S/C30H33NO4S/c1-28-13-11-20(32)15-19(28)8-9-21-22-12-14-30(35,29(22,2)16-24(33)27(21)28)25(34)17-36-26-10-7-18-5-3-4-6-23(18)31-26/h3-7,10-11,13,15,21-22,24,27,33,35H,8-9,12,14,16-17H2,1-2H3/t21?,22?,24-,27?,28?,29?,30-/m0/s1. The molecule has 36 heavy (non-hydrogen) atoms. The third kappa shape index (κ3) is 3.41. The molecular weight excluding hydrogens is 470 g/mol. The SMILES string of the molecule is CC12C=CC(=O)C=C1CCC1C2[C@@H](O)CC2(C)C1CC[C@]2(O)C(=O)CSc1ccc2ccccc2n1. The molecule has 0 bridgehead atoms. The van der Waals surface area contributed by atoms with Crippen LogP contribution in [0.1, 0.15) is 46.0 Å². The Hall–Kier alpha value is -2.28. The number of aromatic nitrogens is 1. The fraction of sp³-hybridized carbons (Fsp3) is 0.500. The smallest absolute Gasteiger partial charge is 0.178 e. The first-order valence-electron chi connectivity index (χ1n) is 13.0. The number of pyridine rings is 1. The zero-order valence-corrected chi connectivity index (χ0v) is 21.6. The zero-order valence-electron chi connectivity index (χ0n) is 20.8. The molecule has 5 nitrogen and oxygen atoms in total. The first-order valence-corrected chi connectivity index (χ1v) is 14.0. The number of Topliss-reactive ketones (excluding diaryl/α,β-unsaturated/α-hetero) is 1. The maximum atomic E-state index is 13.6. The highest BCUT2D eigenvalue weighted by atomic mass is 32.2. The highest BCUT2D eigenvalue weighted by Gasteiger charge is 2.67. The summed E-state index contributed by atoms with van der Waals surface area (Å²) in [4.78, 5) is 30.3. The third-order valence-electron chi connectivity index (χ3n) is 10.0. The van der Waals surface area contributed by atoms with Gasteiger partial charge in [0.25, 0.3) is 0 Å². The van der Waals surface area contributed by atoms with Gasteiger partial charge in [-0.25, -0.2) is 4.98 Å². The van der Waals surface area contributed by atoms with Gasteiger partial charge < -0.3 is 10.2 Å². The van der Waals surface area contributed by atoms with Gasteiger partial charge in [0.1, 0.15) is 5.60 Å². The molecule has 6 heteroatoms. The van der Waals surface area contributed by atoms with Crippen molar-refractivity contribution < 1.29 is 19.8 Å². The van der Waals surface area contributed by atoms with Gasteiger partial charge in [-0.05, 0) is 68.2 Å². The molecule has 0 amide bonds. The summed E-state index contributed by atoms with van der Waals surface area (Å²) in [7, 11) is 0. The highest BCUT2D eigenvalue weighted by molar-refractivity contribution is 7.99. The second kappa shape index (κ2) is 8.37. The van der Waals surface area contributed by atoms with Crippen molar-refractivity contribution in [3.8, 4) is 0 Å². The summed E-state index contributed by atoms with van der Waals surface area (Å²) in [6.07, 6.45) is 8.05. The van der Waals surface area contributed by atoms with Crippen molar-refractivity contribution in [2.45, 2.75) is 62.7 Å². The molecular formula is C30H33NO4S. The van der Waals surface area contributed by atoms with E-state index in [4.69, 9.17) is 0 Å². The predicted molar refractivity (Wildman–Crippen MR) is 140 cm³/mol. The molecule has 4 aliphatic carbocycles. The van der Waals surface area contributed by atoms with E-state index in [1.54, 1.807) is 12.2 Å². The minimum Gasteiger partial charge on any atom is -0.393 e. The van der Waals surface area contributed by atoms with Crippen molar-refractivity contribution in [2.24, 2.45) is 28.6 Å². The number of fused-ring (bicyclic) bond motifs is 6. The third-order valence-corrected chi connectivity index (χ3v) is 11.0. The van der Waals surface area contributed by atoms with Gasteiger partial charge in [-0.2, -0.15) is 0 Å². The number of thioether (sulfide) groups is 1. The quantitative estimate of drug-likeness (QED) is 0.577. The Bertz CT molecular complexity index is 1320. The number of nitrogens with zero attached hydrogens (tertiary/aromatic N) is 1. The topological polar surface area (TPSA) is 87.5 Å². The lowest BCUT2D eigenvalue weighted by atomic mass is 9.46. The van der Waals surface area contributed by atoms with Crippen molar-refractivity contribution >= 4 is 34.2 Å². The van der Waals surface area contributed by atoms with Gasteiger partial charge in [-0.1, -0.05) is 61.5 Å². The van der Waals surface area contributed by atoms with E-state index in [1.807, 2.05) is 49.4 Å². The van der Waals surface area contributed by atoms with Gasteiger partial charge in [0, 0.05) is 22.1 Å². The first kappa shape index (κ1) is 24.1. The van der Waals surface area contributed by atoms with Crippen molar-refractivity contribution in [1.29, 1.82) is 0 Å². The van der Waals surface area contributed by atoms with Crippen LogP contribution < -0.4 is 0 Å². The van der Waals surface area contributed by atoms with Gasteiger partial charge in [-0.15, -0.1) is 0 Å². The number of aliphatic hydroxyl groups is 2. The van der Waals surface area contributed by atoms with E-state index >= 15 is 0 Å². The first-order chi connectivity index (χ1) is 17.2. The fourth-order valence-electron chi connectivity index (χ4n) is 8.18. The molecule has 0 radical (unpaired) electrons. The van der Waals surface area contributed by atoms with Crippen LogP contribution in [0.3, 0.4) is 0 Å². The number of ketones is 2. The van der Waals surface area contributed by atoms with Crippen LogP contribution in [0.4, 0.5) is 0 Å². The summed E-state index contributed by atoms with van der Waals surface area (Å²) < 4.78 is 0. The van der Waals surface area contributed by atoms with E-state index in [1.165, 1.54) is 11.8 Å². The van der Waals surface area contributed by atoms with Crippen LogP contribution >= 0.6 is 11.8 Å². The van der Waals surface area contributed by atoms with Crippen molar-refractivity contribution in [1.82, 2.24) is 4.98 Å². The molecule has 0 spiro atoms. The average molecular weight is 504 g/mol. The number of aliphatic hydroxyl groups excluding tert-OH is 1. The van der Waals surface area contributed by atoms with Crippen molar-refractivity contribution in [2.75, 3.05) is 5.75 Å². The molecule has 0 saturated heterocycles. The Balaban J connectivity index is 1.24. The minimum absolute atomic E-state index is 0.00597. The monoisotopic (exact) mass is 503 g/mol. The van der Waals surface area contributed by atoms with Crippen LogP contribution in [-0.4, -0.2) is 44.2 Å². The Kier molecular flexibility index (Phi) is 5.60. The number of carbonyl (C=O) groups excluding carboxylic acids is 2. The van der Waals surface area contributed by atoms with Crippen molar-refractivity contribution in [3.05, 3.63) is 60.2 Å². The second-order valence-electron chi connectivity index (χ2n) is 11.7. The lowest BCUT2D eigenvalue weighted by Crippen LogP contribution is -2.61. The molecule has 1 aromatic heterocycles. The largest absolute Gasteiger partial charge is 0.393 e. The Morgan fingerprint density at radius 2 is 1.97 bits per heavy atom. The molecule has 4 aliphatic rings. The lowest BCUT2D eigenvalue weighted by Gasteiger charge is -2.59. The molecule has 1 aromatic carbocycles. The second-order valence-corrected chi connectivity index (χ2v) is 12.7. The molecule has 5 unspecified atom stereocenters. The average Bonchev–Trinajstić information content (AvgIpc) is 3.13. The maximum absolute atomic E-state index is 13.6. The Morgan fingerprint density at radius 1 is 1.17 bits per heavy atom. The van der Waals surface area contributed by atoms with E-state index in [2.05, 4.69) is 11.9 Å². The van der Waals surface area contributed by atoms with Crippen LogP contribution in [0.25, 0.3) is 10.9 Å². The summed E-state index contributed by atoms with van der Waals surface area (Å²) in [5, 5.41) is 25.3. The van der Waals surface area contributed by atoms with E-state index in [9.17, 15) is 19.8 Å². The number of hydrogen-bond donors (Lipinski definition) is 2. The summed E-state index contributed by atoms with van der Waals surface area (Å²) in [5.74, 6) is 0.375. The molecule has 6 rings (SSSR count). The van der Waals surface area contributed by atoms with E-state index < -0.39 is 17.1 Å². The molecule has 2 N–H and O–H groups in total. The predicted octanol–water partition coefficient (Wildman–Crippen LogP) is 4.91. The van der Waals surface area contributed by atoms with Crippen LogP contribution in [-0.2, 0) is 9.59 Å². The Morgan fingerprint density at radius 3 is 2.81 bits per heavy atom. The van der Waals surface area contributed by atoms with E-state index in [0.29, 0.717) is 12.8 Å². The highest BCUT2D eigenvalue weighted by Crippen LogP contribution is 2.67. The molecule has 3 fully saturated rings. The maximum Gasteiger partial charge on any atom is 0.178 e. The van der Waals surface area contributed by atoms with Gasteiger partial charge in [0.15, 0.2) is 11.6 Å². The summed E-state index contributed by atoms with van der Waals surface area (Å²) in [6.45, 7) is 4.17. The minimum atomic E-state index is -1.46. The molecule has 0 aliphatic heterocycles. The van der Waals surface area contributed by atoms with Gasteiger partial charge >= 0.3 is 0 Å². The molecule has 1 heterocycles. The number of allylic oxidation sites excluding steroid dienone is 4.